The van der Waals surface area contributed by atoms with E-state index in [0.717, 1.165) is 6.42 Å². The van der Waals surface area contributed by atoms with Gasteiger partial charge in [-0.05, 0) is 12.8 Å². The second-order valence-electron chi connectivity index (χ2n) is 6.37. The molecule has 2 aromatic heterocycles. The van der Waals surface area contributed by atoms with Crippen LogP contribution in [0.5, 0.6) is 0 Å². The molecule has 0 aliphatic carbocycles. The van der Waals surface area contributed by atoms with Crippen LogP contribution in [0.15, 0.2) is 18.6 Å². The highest BCUT2D eigenvalue weighted by atomic mass is 32.2. The number of carbonyl (C=O) groups is 1. The largest absolute Gasteiger partial charge is 0.392 e. The zero-order valence-corrected chi connectivity index (χ0v) is 17.3. The molecule has 0 saturated heterocycles. The predicted molar refractivity (Wildman–Crippen MR) is 111 cm³/mol. The Morgan fingerprint density at radius 2 is 2.31 bits per heavy atom. The fourth-order valence-electron chi connectivity index (χ4n) is 2.62. The number of aliphatic hydroxyl groups excluding tert-OH is 1. The van der Waals surface area contributed by atoms with E-state index in [1.54, 1.807) is 4.57 Å². The first kappa shape index (κ1) is 22.8. The fourth-order valence-corrected chi connectivity index (χ4v) is 3.20. The summed E-state index contributed by atoms with van der Waals surface area (Å²) in [4.78, 5) is 22.9. The summed E-state index contributed by atoms with van der Waals surface area (Å²) in [6.45, 7) is 5.42. The second-order valence-corrected chi connectivity index (χ2v) is 7.65. The van der Waals surface area contributed by atoms with Crippen molar-refractivity contribution in [3.63, 3.8) is 0 Å². The van der Waals surface area contributed by atoms with Crippen LogP contribution in [-0.4, -0.2) is 54.8 Å². The normalized spacial score (nSPS) is 13.1. The van der Waals surface area contributed by atoms with E-state index in [4.69, 9.17) is 11.2 Å². The number of aryl methyl sites for hydroxylation is 1. The summed E-state index contributed by atoms with van der Waals surface area (Å²) in [6.07, 6.45) is 7.70. The Kier molecular flexibility index (Phi) is 8.13. The summed E-state index contributed by atoms with van der Waals surface area (Å²) >= 11 is 1.25. The summed E-state index contributed by atoms with van der Waals surface area (Å²) in [7, 11) is 1.42. The van der Waals surface area contributed by atoms with Gasteiger partial charge in [-0.25, -0.2) is 4.98 Å². The van der Waals surface area contributed by atoms with E-state index in [1.165, 1.54) is 32.1 Å². The highest BCUT2D eigenvalue weighted by Crippen LogP contribution is 2.23. The number of imidazole rings is 1. The van der Waals surface area contributed by atoms with Crippen molar-refractivity contribution < 1.29 is 19.0 Å². The van der Waals surface area contributed by atoms with Gasteiger partial charge in [-0.2, -0.15) is 14.4 Å². The number of ether oxygens (including phenoxy) is 1. The quantitative estimate of drug-likeness (QED) is 0.324. The number of aromatic nitrogens is 4. The molecular formula is C19H24FN5O3S. The Morgan fingerprint density at radius 3 is 2.93 bits per heavy atom. The molecule has 0 aromatic carbocycles. The number of nitrogens with zero attached hydrogens (tertiary/aromatic N) is 4. The van der Waals surface area contributed by atoms with Crippen molar-refractivity contribution in [3.05, 3.63) is 24.7 Å². The molecular weight excluding hydrogens is 397 g/mol. The highest BCUT2D eigenvalue weighted by molar-refractivity contribution is 8.13. The summed E-state index contributed by atoms with van der Waals surface area (Å²) in [5.41, 5.74) is 0.183. The molecule has 1 unspecified atom stereocenters. The van der Waals surface area contributed by atoms with Gasteiger partial charge in [0, 0.05) is 38.4 Å². The average molecular weight is 421 g/mol. The summed E-state index contributed by atoms with van der Waals surface area (Å²) in [5, 5.41) is 12.6. The van der Waals surface area contributed by atoms with E-state index in [2.05, 4.69) is 32.8 Å². The van der Waals surface area contributed by atoms with Crippen molar-refractivity contribution >= 4 is 33.9 Å². The summed E-state index contributed by atoms with van der Waals surface area (Å²) in [6, 6.07) is 0. The van der Waals surface area contributed by atoms with Gasteiger partial charge in [0.1, 0.15) is 0 Å². The zero-order chi connectivity index (χ0) is 21.4. The van der Waals surface area contributed by atoms with Gasteiger partial charge in [0.05, 0.1) is 12.9 Å². The van der Waals surface area contributed by atoms with Gasteiger partial charge in [-0.3, -0.25) is 4.79 Å². The van der Waals surface area contributed by atoms with Crippen LogP contribution >= 0.6 is 11.8 Å². The molecule has 2 heterocycles. The topological polar surface area (TPSA) is 102 Å². The molecule has 8 nitrogen and oxygen atoms in total. The number of thioether (sulfide) groups is 1. The smallest absolute Gasteiger partial charge is 0.312 e. The number of anilines is 1. The third-order valence-electron chi connectivity index (χ3n) is 4.33. The van der Waals surface area contributed by atoms with Gasteiger partial charge in [0.25, 0.3) is 0 Å². The van der Waals surface area contributed by atoms with E-state index in [0.29, 0.717) is 35.6 Å². The van der Waals surface area contributed by atoms with Crippen molar-refractivity contribution in [1.29, 1.82) is 0 Å². The molecule has 29 heavy (non-hydrogen) atoms. The van der Waals surface area contributed by atoms with Gasteiger partial charge >= 0.3 is 6.08 Å². The second kappa shape index (κ2) is 10.3. The maximum atomic E-state index is 14.0. The Labute approximate surface area is 173 Å². The number of methoxy groups -OCH3 is 1. The third kappa shape index (κ3) is 6.00. The van der Waals surface area contributed by atoms with Crippen LogP contribution < -0.4 is 5.32 Å². The molecule has 0 amide bonds. The molecule has 156 valence electrons. The monoisotopic (exact) mass is 421 g/mol. The first-order chi connectivity index (χ1) is 13.8. The van der Waals surface area contributed by atoms with Crippen LogP contribution in [0.25, 0.3) is 11.2 Å². The van der Waals surface area contributed by atoms with Crippen LogP contribution in [0.4, 0.5) is 10.2 Å². The number of aliphatic hydroxyl groups is 1. The van der Waals surface area contributed by atoms with Crippen molar-refractivity contribution in [1.82, 2.24) is 19.5 Å². The molecule has 0 fully saturated rings. The fraction of sp³-hybridized carbons (Fsp3) is 0.474. The lowest BCUT2D eigenvalue weighted by atomic mass is 10.0. The van der Waals surface area contributed by atoms with E-state index in [9.17, 15) is 14.3 Å². The first-order valence-electron chi connectivity index (χ1n) is 8.94. The minimum Gasteiger partial charge on any atom is -0.392 e. The molecule has 2 N–H and O–H groups in total. The number of allylic oxidation sites excluding steroid dienone is 1. The Hall–Kier alpha value is -2.48. The lowest BCUT2D eigenvalue weighted by Crippen LogP contribution is -2.35. The molecule has 0 radical (unpaired) electrons. The highest BCUT2D eigenvalue weighted by Gasteiger charge is 2.26. The number of hydrogen-bond donors (Lipinski definition) is 2. The lowest BCUT2D eigenvalue weighted by molar-refractivity contribution is -0.109. The number of halogens is 1. The van der Waals surface area contributed by atoms with Crippen LogP contribution in [0.3, 0.4) is 0 Å². The van der Waals surface area contributed by atoms with E-state index < -0.39 is 11.7 Å². The van der Waals surface area contributed by atoms with Crippen LogP contribution in [0.2, 0.25) is 0 Å². The molecule has 2 rings (SSSR count). The number of fused-ring (bicyclic) bond motifs is 1. The molecule has 0 bridgehead atoms. The van der Waals surface area contributed by atoms with Crippen molar-refractivity contribution in [2.45, 2.75) is 38.3 Å². The SMILES string of the molecule is C#CC(CO)(CCn1cnc2c(NC(=C)CCCSC(C)=O)nc(F)nc21)OC. The van der Waals surface area contributed by atoms with Gasteiger partial charge in [0.2, 0.25) is 0 Å². The minimum atomic E-state index is -1.13. The Bertz CT molecular complexity index is 920. The maximum Gasteiger partial charge on any atom is 0.312 e. The van der Waals surface area contributed by atoms with Crippen LogP contribution in [0, 0.1) is 18.4 Å². The molecule has 0 aliphatic heterocycles. The van der Waals surface area contributed by atoms with Gasteiger partial charge in [-0.1, -0.05) is 24.3 Å². The van der Waals surface area contributed by atoms with E-state index in [-0.39, 0.29) is 24.0 Å². The summed E-state index contributed by atoms with van der Waals surface area (Å²) in [5.74, 6) is 3.34. The molecule has 0 aliphatic rings. The molecule has 10 heteroatoms. The maximum absolute atomic E-state index is 14.0. The lowest BCUT2D eigenvalue weighted by Gasteiger charge is -2.24. The van der Waals surface area contributed by atoms with Crippen LogP contribution in [-0.2, 0) is 16.1 Å². The molecule has 0 saturated carbocycles. The van der Waals surface area contributed by atoms with Crippen LogP contribution in [0.1, 0.15) is 26.2 Å². The van der Waals surface area contributed by atoms with Crippen molar-refractivity contribution in [2.24, 2.45) is 0 Å². The van der Waals surface area contributed by atoms with Gasteiger partial charge in [0.15, 0.2) is 27.7 Å². The average Bonchev–Trinajstić information content (AvgIpc) is 3.09. The van der Waals surface area contributed by atoms with Crippen molar-refractivity contribution in [3.8, 4) is 12.3 Å². The van der Waals surface area contributed by atoms with Crippen molar-refractivity contribution in [2.75, 3.05) is 24.8 Å². The Balaban J connectivity index is 2.13. The third-order valence-corrected chi connectivity index (χ3v) is 5.23. The molecule has 0 spiro atoms. The van der Waals surface area contributed by atoms with E-state index >= 15 is 0 Å². The van der Waals surface area contributed by atoms with Gasteiger partial charge in [-0.15, -0.1) is 6.42 Å². The number of rotatable bonds is 11. The minimum absolute atomic E-state index is 0.0669. The first-order valence-corrected chi connectivity index (χ1v) is 9.93. The number of nitrogens with one attached hydrogen (secondary N) is 1. The predicted octanol–water partition coefficient (Wildman–Crippen LogP) is 2.35. The summed E-state index contributed by atoms with van der Waals surface area (Å²) < 4.78 is 20.9. The van der Waals surface area contributed by atoms with E-state index in [1.807, 2.05) is 0 Å². The number of terminal acetylenes is 1. The Morgan fingerprint density at radius 1 is 1.55 bits per heavy atom. The zero-order valence-electron chi connectivity index (χ0n) is 16.4. The number of carbonyl (C=O) groups excluding carboxylic acids is 1. The van der Waals surface area contributed by atoms with Gasteiger partial charge < -0.3 is 19.7 Å². The molecule has 2 aromatic rings. The standard InChI is InChI=1S/C19H24FN5O3S/c1-5-19(11-26,28-4)8-9-25-12-21-15-16(23-18(20)24-17(15)25)22-13(2)7-6-10-29-14(3)27/h1,12,26H,2,6-11H2,3-4H3,(H,22,23,24). The molecule has 1 atom stereocenters. The number of hydrogen-bond acceptors (Lipinski definition) is 8.